The molecule has 0 saturated carbocycles. The third-order valence-electron chi connectivity index (χ3n) is 1.62. The van der Waals surface area contributed by atoms with Crippen LogP contribution in [0.2, 0.25) is 0 Å². The van der Waals surface area contributed by atoms with Crippen molar-refractivity contribution in [2.45, 2.75) is 24.7 Å². The van der Waals surface area contributed by atoms with Gasteiger partial charge in [0.2, 0.25) is 4.93 Å². The zero-order valence-corrected chi connectivity index (χ0v) is 9.74. The number of phosphoric acid groups is 1. The van der Waals surface area contributed by atoms with Crippen LogP contribution < -0.4 is 0 Å². The Morgan fingerprint density at radius 2 is 2.00 bits per heavy atom. The third kappa shape index (κ3) is 4.02. The van der Waals surface area contributed by atoms with Gasteiger partial charge in [0.05, 0.1) is 0 Å². The molecular weight excluding hydrogens is 247 g/mol. The van der Waals surface area contributed by atoms with Crippen molar-refractivity contribution in [1.82, 2.24) is 0 Å². The van der Waals surface area contributed by atoms with Crippen LogP contribution in [0.15, 0.2) is 12.7 Å². The van der Waals surface area contributed by atoms with E-state index in [0.29, 0.717) is 6.08 Å². The lowest BCUT2D eigenvalue weighted by Crippen LogP contribution is -2.38. The fourth-order valence-electron chi connectivity index (χ4n) is 1.02. The molecule has 90 valence electrons. The van der Waals surface area contributed by atoms with Crippen molar-refractivity contribution in [3.63, 3.8) is 0 Å². The van der Waals surface area contributed by atoms with Crippen LogP contribution in [0.5, 0.6) is 0 Å². The molecule has 0 amide bonds. The van der Waals surface area contributed by atoms with Crippen LogP contribution in [-0.2, 0) is 19.2 Å². The van der Waals surface area contributed by atoms with E-state index in [9.17, 15) is 13.0 Å². The van der Waals surface area contributed by atoms with Crippen molar-refractivity contribution in [2.75, 3.05) is 0 Å². The highest BCUT2D eigenvalue weighted by atomic mass is 32.2. The first-order valence-corrected chi connectivity index (χ1v) is 6.92. The molecule has 1 unspecified atom stereocenters. The summed E-state index contributed by atoms with van der Waals surface area (Å²) in [5, 5.41) is 0. The molecule has 3 N–H and O–H groups in total. The summed E-state index contributed by atoms with van der Waals surface area (Å²) in [6, 6.07) is 0. The predicted molar refractivity (Wildman–Crippen MR) is 52.5 cm³/mol. The van der Waals surface area contributed by atoms with E-state index in [4.69, 9.17) is 14.3 Å². The molecule has 15 heavy (non-hydrogen) atoms. The second-order valence-electron chi connectivity index (χ2n) is 2.82. The second-order valence-corrected chi connectivity index (χ2v) is 5.63. The minimum Gasteiger partial charge on any atom is -0.303 e. The van der Waals surface area contributed by atoms with Gasteiger partial charge in [0.1, 0.15) is 0 Å². The van der Waals surface area contributed by atoms with Gasteiger partial charge in [-0.3, -0.25) is 9.08 Å². The summed E-state index contributed by atoms with van der Waals surface area (Å²) in [6.45, 7) is 4.66. The fourth-order valence-corrected chi connectivity index (χ4v) is 2.93. The van der Waals surface area contributed by atoms with Gasteiger partial charge in [0.15, 0.2) is 0 Å². The molecule has 0 spiro atoms. The van der Waals surface area contributed by atoms with Gasteiger partial charge in [-0.05, 0) is 12.5 Å². The molecule has 0 aromatic carbocycles. The van der Waals surface area contributed by atoms with Gasteiger partial charge in [-0.2, -0.15) is 8.42 Å². The number of hydrogen-bond donors (Lipinski definition) is 3. The van der Waals surface area contributed by atoms with Crippen LogP contribution in [0.4, 0.5) is 0 Å². The Bertz CT molecular complexity index is 369. The standard InChI is InChI=1S/C6H13O7PS/c1-3-5-6(4-2,15(10,11)12)13-14(7,8)9/h4H,2-3,5H2,1H3,(H2,7,8,9)(H,10,11,12). The molecule has 0 aliphatic rings. The molecule has 0 aliphatic heterocycles. The average molecular weight is 260 g/mol. The molecule has 0 saturated heterocycles. The maximum atomic E-state index is 11.0. The fraction of sp³-hybridized carbons (Fsp3) is 0.667. The van der Waals surface area contributed by atoms with E-state index in [1.807, 2.05) is 0 Å². The summed E-state index contributed by atoms with van der Waals surface area (Å²) < 4.78 is 45.5. The molecule has 0 aliphatic carbocycles. The number of rotatable bonds is 6. The SMILES string of the molecule is C=CC(CCC)(OP(=O)(O)O)S(=O)(=O)O. The highest BCUT2D eigenvalue weighted by Crippen LogP contribution is 2.45. The lowest BCUT2D eigenvalue weighted by molar-refractivity contribution is 0.117. The molecule has 0 radical (unpaired) electrons. The molecule has 0 bridgehead atoms. The van der Waals surface area contributed by atoms with Crippen molar-refractivity contribution in [2.24, 2.45) is 0 Å². The van der Waals surface area contributed by atoms with E-state index < -0.39 is 22.9 Å². The van der Waals surface area contributed by atoms with E-state index in [1.165, 1.54) is 0 Å². The highest BCUT2D eigenvalue weighted by molar-refractivity contribution is 7.87. The zero-order valence-electron chi connectivity index (χ0n) is 8.03. The zero-order chi connectivity index (χ0) is 12.3. The van der Waals surface area contributed by atoms with Gasteiger partial charge < -0.3 is 9.79 Å². The molecule has 1 atom stereocenters. The smallest absolute Gasteiger partial charge is 0.303 e. The molecule has 9 heteroatoms. The van der Waals surface area contributed by atoms with Gasteiger partial charge in [-0.25, -0.2) is 4.57 Å². The van der Waals surface area contributed by atoms with Crippen LogP contribution in [0.3, 0.4) is 0 Å². The van der Waals surface area contributed by atoms with Gasteiger partial charge in [-0.1, -0.05) is 19.9 Å². The largest absolute Gasteiger partial charge is 0.471 e. The Kier molecular flexibility index (Phi) is 4.66. The first-order valence-electron chi connectivity index (χ1n) is 3.95. The quantitative estimate of drug-likeness (QED) is 0.364. The molecule has 0 heterocycles. The summed E-state index contributed by atoms with van der Waals surface area (Å²) in [4.78, 5) is 14.6. The lowest BCUT2D eigenvalue weighted by Gasteiger charge is -2.26. The molecule has 0 rings (SSSR count). The van der Waals surface area contributed by atoms with Crippen LogP contribution in [0.1, 0.15) is 19.8 Å². The maximum absolute atomic E-state index is 11.0. The monoisotopic (exact) mass is 260 g/mol. The topological polar surface area (TPSA) is 121 Å². The van der Waals surface area contributed by atoms with E-state index >= 15 is 0 Å². The van der Waals surface area contributed by atoms with Crippen LogP contribution in [0.25, 0.3) is 0 Å². The van der Waals surface area contributed by atoms with Crippen molar-refractivity contribution < 1.29 is 31.8 Å². The first-order chi connectivity index (χ1) is 6.58. The Balaban J connectivity index is 5.37. The second kappa shape index (κ2) is 4.73. The molecule has 7 nitrogen and oxygen atoms in total. The predicted octanol–water partition coefficient (Wildman–Crippen LogP) is 0.666. The number of hydrogen-bond acceptors (Lipinski definition) is 4. The minimum absolute atomic E-state index is 0.228. The van der Waals surface area contributed by atoms with Gasteiger partial charge in [0.25, 0.3) is 10.1 Å². The van der Waals surface area contributed by atoms with Gasteiger partial charge in [0, 0.05) is 0 Å². The van der Waals surface area contributed by atoms with E-state index in [1.54, 1.807) is 6.92 Å². The Labute approximate surface area is 87.8 Å². The summed E-state index contributed by atoms with van der Waals surface area (Å²) in [7, 11) is -9.84. The first kappa shape index (κ1) is 14.8. The molecule has 0 aromatic heterocycles. The van der Waals surface area contributed by atoms with E-state index in [2.05, 4.69) is 11.1 Å². The molecular formula is C6H13O7PS. The maximum Gasteiger partial charge on any atom is 0.471 e. The number of phosphoric ester groups is 1. The Hall–Kier alpha value is -0.240. The summed E-state index contributed by atoms with van der Waals surface area (Å²) in [5.74, 6) is 0. The summed E-state index contributed by atoms with van der Waals surface area (Å²) in [6.07, 6.45) is 0.581. The minimum atomic E-state index is -5.04. The van der Waals surface area contributed by atoms with E-state index in [-0.39, 0.29) is 12.8 Å². The highest BCUT2D eigenvalue weighted by Gasteiger charge is 2.45. The normalized spacial score (nSPS) is 17.1. The van der Waals surface area contributed by atoms with Crippen molar-refractivity contribution in [3.8, 4) is 0 Å². The Morgan fingerprint density at radius 3 is 2.20 bits per heavy atom. The van der Waals surface area contributed by atoms with Crippen LogP contribution >= 0.6 is 7.82 Å². The van der Waals surface area contributed by atoms with Crippen LogP contribution in [0, 0.1) is 0 Å². The lowest BCUT2D eigenvalue weighted by atomic mass is 10.2. The van der Waals surface area contributed by atoms with E-state index in [0.717, 1.165) is 0 Å². The Morgan fingerprint density at radius 1 is 1.53 bits per heavy atom. The van der Waals surface area contributed by atoms with Crippen molar-refractivity contribution >= 4 is 17.9 Å². The van der Waals surface area contributed by atoms with Crippen LogP contribution in [-0.4, -0.2) is 27.7 Å². The van der Waals surface area contributed by atoms with Crippen molar-refractivity contribution in [1.29, 1.82) is 0 Å². The third-order valence-corrected chi connectivity index (χ3v) is 3.63. The average Bonchev–Trinajstić information content (AvgIpc) is 1.98. The van der Waals surface area contributed by atoms with Crippen molar-refractivity contribution in [3.05, 3.63) is 12.7 Å². The van der Waals surface area contributed by atoms with Gasteiger partial charge >= 0.3 is 7.82 Å². The molecule has 0 fully saturated rings. The summed E-state index contributed by atoms with van der Waals surface area (Å²) in [5.41, 5.74) is 0. The van der Waals surface area contributed by atoms with Gasteiger partial charge in [-0.15, -0.1) is 0 Å². The summed E-state index contributed by atoms with van der Waals surface area (Å²) >= 11 is 0. The molecule has 0 aromatic rings.